The van der Waals surface area contributed by atoms with Crippen molar-refractivity contribution in [3.05, 3.63) is 52.6 Å². The first-order chi connectivity index (χ1) is 9.29. The van der Waals surface area contributed by atoms with Gasteiger partial charge in [0.25, 0.3) is 0 Å². The third kappa shape index (κ3) is 3.21. The van der Waals surface area contributed by atoms with Crippen molar-refractivity contribution in [1.29, 1.82) is 0 Å². The van der Waals surface area contributed by atoms with E-state index in [-0.39, 0.29) is 5.54 Å². The Balaban J connectivity index is 2.35. The van der Waals surface area contributed by atoms with E-state index in [1.54, 1.807) is 0 Å². The molecule has 20 heavy (non-hydrogen) atoms. The fraction of sp³-hybridized carbons (Fsp3) is 0.474. The fourth-order valence-corrected chi connectivity index (χ4v) is 2.88. The van der Waals surface area contributed by atoms with Gasteiger partial charge in [-0.15, -0.1) is 0 Å². The van der Waals surface area contributed by atoms with Gasteiger partial charge in [0.05, 0.1) is 0 Å². The number of hydrogen-bond acceptors (Lipinski definition) is 1. The lowest BCUT2D eigenvalue weighted by atomic mass is 9.90. The second kappa shape index (κ2) is 5.57. The predicted octanol–water partition coefficient (Wildman–Crippen LogP) is 4.94. The second-order valence-electron chi connectivity index (χ2n) is 6.94. The van der Waals surface area contributed by atoms with Gasteiger partial charge < -0.3 is 5.32 Å². The third-order valence-corrected chi connectivity index (χ3v) is 4.07. The molecule has 0 radical (unpaired) electrons. The van der Waals surface area contributed by atoms with Crippen LogP contribution in [-0.2, 0) is 6.54 Å². The van der Waals surface area contributed by atoms with Gasteiger partial charge in [-0.1, -0.05) is 42.8 Å². The fourth-order valence-electron chi connectivity index (χ4n) is 2.88. The highest BCUT2D eigenvalue weighted by Gasteiger charge is 2.21. The molecule has 1 aromatic rings. The Kier molecular flexibility index (Phi) is 4.19. The quantitative estimate of drug-likeness (QED) is 0.819. The van der Waals surface area contributed by atoms with Crippen molar-refractivity contribution in [3.8, 4) is 0 Å². The lowest BCUT2D eigenvalue weighted by Gasteiger charge is -2.23. The Hall–Kier alpha value is -1.34. The molecule has 1 aromatic carbocycles. The minimum Gasteiger partial charge on any atom is -0.308 e. The average molecular weight is 269 g/mol. The maximum absolute atomic E-state index is 3.60. The maximum atomic E-state index is 3.60. The summed E-state index contributed by atoms with van der Waals surface area (Å²) in [5.41, 5.74) is 7.31. The van der Waals surface area contributed by atoms with Crippen LogP contribution in [0.4, 0.5) is 0 Å². The predicted molar refractivity (Wildman–Crippen MR) is 88.5 cm³/mol. The lowest BCUT2D eigenvalue weighted by Crippen LogP contribution is -2.35. The van der Waals surface area contributed by atoms with E-state index in [4.69, 9.17) is 0 Å². The number of rotatable bonds is 3. The van der Waals surface area contributed by atoms with Crippen molar-refractivity contribution >= 4 is 5.57 Å². The minimum atomic E-state index is 0.145. The minimum absolute atomic E-state index is 0.145. The summed E-state index contributed by atoms with van der Waals surface area (Å²) in [5, 5.41) is 3.60. The largest absolute Gasteiger partial charge is 0.308 e. The van der Waals surface area contributed by atoms with Crippen LogP contribution >= 0.6 is 0 Å². The van der Waals surface area contributed by atoms with Crippen LogP contribution in [0.25, 0.3) is 5.57 Å². The van der Waals surface area contributed by atoms with Crippen LogP contribution in [0.3, 0.4) is 0 Å². The van der Waals surface area contributed by atoms with E-state index in [9.17, 15) is 0 Å². The zero-order valence-electron chi connectivity index (χ0n) is 13.7. The highest BCUT2D eigenvalue weighted by atomic mass is 14.9. The second-order valence-corrected chi connectivity index (χ2v) is 6.94. The van der Waals surface area contributed by atoms with Gasteiger partial charge in [-0.2, -0.15) is 0 Å². The van der Waals surface area contributed by atoms with E-state index in [2.05, 4.69) is 77.2 Å². The Labute approximate surface area is 123 Å². The molecule has 1 aliphatic carbocycles. The van der Waals surface area contributed by atoms with Gasteiger partial charge >= 0.3 is 0 Å². The molecule has 0 aliphatic heterocycles. The summed E-state index contributed by atoms with van der Waals surface area (Å²) in [7, 11) is 0. The van der Waals surface area contributed by atoms with Crippen molar-refractivity contribution in [2.45, 2.75) is 53.6 Å². The Morgan fingerprint density at radius 2 is 1.75 bits per heavy atom. The van der Waals surface area contributed by atoms with E-state index < -0.39 is 0 Å². The SMILES string of the molecule is CC1=CC(C)C(c2ccccc2CNC(C)(C)C)=C1C. The maximum Gasteiger partial charge on any atom is 0.0216 e. The first-order valence-corrected chi connectivity index (χ1v) is 7.52. The molecule has 1 heteroatoms. The molecule has 108 valence electrons. The third-order valence-electron chi connectivity index (χ3n) is 4.07. The molecule has 1 atom stereocenters. The highest BCUT2D eigenvalue weighted by Crippen LogP contribution is 2.38. The first kappa shape index (κ1) is 15.1. The van der Waals surface area contributed by atoms with Gasteiger partial charge in [0.15, 0.2) is 0 Å². The van der Waals surface area contributed by atoms with Crippen LogP contribution in [-0.4, -0.2) is 5.54 Å². The number of nitrogens with one attached hydrogen (secondary N) is 1. The van der Waals surface area contributed by atoms with Gasteiger partial charge in [0, 0.05) is 18.0 Å². The molecule has 0 spiro atoms. The molecule has 0 heterocycles. The molecule has 0 amide bonds. The van der Waals surface area contributed by atoms with Crippen LogP contribution < -0.4 is 5.32 Å². The van der Waals surface area contributed by atoms with E-state index in [0.717, 1.165) is 6.54 Å². The molecular weight excluding hydrogens is 242 g/mol. The van der Waals surface area contributed by atoms with Gasteiger partial charge in [-0.25, -0.2) is 0 Å². The Morgan fingerprint density at radius 3 is 2.30 bits per heavy atom. The van der Waals surface area contributed by atoms with Crippen molar-refractivity contribution in [2.24, 2.45) is 5.92 Å². The molecule has 0 saturated heterocycles. The van der Waals surface area contributed by atoms with Gasteiger partial charge in [0.1, 0.15) is 0 Å². The topological polar surface area (TPSA) is 12.0 Å². The summed E-state index contributed by atoms with van der Waals surface area (Å²) in [6.07, 6.45) is 2.37. The van der Waals surface area contributed by atoms with Crippen LogP contribution in [0.15, 0.2) is 41.5 Å². The van der Waals surface area contributed by atoms with Crippen molar-refractivity contribution in [2.75, 3.05) is 0 Å². The number of allylic oxidation sites excluding steroid dienone is 4. The standard InChI is InChI=1S/C19H27N/c1-13-11-14(2)18(15(13)3)17-10-8-7-9-16(17)12-20-19(4,5)6/h7-11,14,20H,12H2,1-6H3. The molecule has 1 aliphatic rings. The Morgan fingerprint density at radius 1 is 1.10 bits per heavy atom. The van der Waals surface area contributed by atoms with Crippen LogP contribution in [0.2, 0.25) is 0 Å². The summed E-state index contributed by atoms with van der Waals surface area (Å²) < 4.78 is 0. The number of benzene rings is 1. The van der Waals surface area contributed by atoms with E-state index >= 15 is 0 Å². The van der Waals surface area contributed by atoms with Crippen molar-refractivity contribution < 1.29 is 0 Å². The molecule has 2 rings (SSSR count). The zero-order chi connectivity index (χ0) is 14.9. The summed E-state index contributed by atoms with van der Waals surface area (Å²) in [5.74, 6) is 0.519. The molecule has 0 aromatic heterocycles. The van der Waals surface area contributed by atoms with Crippen molar-refractivity contribution in [3.63, 3.8) is 0 Å². The normalized spacial score (nSPS) is 19.5. The van der Waals surface area contributed by atoms with Crippen molar-refractivity contribution in [1.82, 2.24) is 5.32 Å². The van der Waals surface area contributed by atoms with Gasteiger partial charge in [0.2, 0.25) is 0 Å². The van der Waals surface area contributed by atoms with Crippen LogP contribution in [0.5, 0.6) is 0 Å². The molecule has 1 unspecified atom stereocenters. The number of hydrogen-bond donors (Lipinski definition) is 1. The molecule has 0 bridgehead atoms. The average Bonchev–Trinajstić information content (AvgIpc) is 2.60. The lowest BCUT2D eigenvalue weighted by molar-refractivity contribution is 0.424. The van der Waals surface area contributed by atoms with E-state index in [1.807, 2.05) is 0 Å². The summed E-state index contributed by atoms with van der Waals surface area (Å²) in [6, 6.07) is 8.80. The zero-order valence-corrected chi connectivity index (χ0v) is 13.7. The summed E-state index contributed by atoms with van der Waals surface area (Å²) >= 11 is 0. The molecule has 1 N–H and O–H groups in total. The van der Waals surface area contributed by atoms with Crippen LogP contribution in [0, 0.1) is 5.92 Å². The van der Waals surface area contributed by atoms with Gasteiger partial charge in [-0.3, -0.25) is 0 Å². The molecular formula is C19H27N. The smallest absolute Gasteiger partial charge is 0.0216 e. The van der Waals surface area contributed by atoms with E-state index in [0.29, 0.717) is 5.92 Å². The summed E-state index contributed by atoms with van der Waals surface area (Å²) in [4.78, 5) is 0. The molecule has 0 fully saturated rings. The monoisotopic (exact) mass is 269 g/mol. The summed E-state index contributed by atoms with van der Waals surface area (Å²) in [6.45, 7) is 14.3. The molecule has 1 nitrogen and oxygen atoms in total. The van der Waals surface area contributed by atoms with E-state index in [1.165, 1.54) is 27.8 Å². The van der Waals surface area contributed by atoms with Crippen LogP contribution in [0.1, 0.15) is 52.7 Å². The first-order valence-electron chi connectivity index (χ1n) is 7.52. The Bertz CT molecular complexity index is 555. The van der Waals surface area contributed by atoms with Gasteiger partial charge in [-0.05, 0) is 56.9 Å². The highest BCUT2D eigenvalue weighted by molar-refractivity contribution is 5.79. The molecule has 0 saturated carbocycles.